The molecule has 0 saturated heterocycles. The summed E-state index contributed by atoms with van der Waals surface area (Å²) in [5.74, 6) is 0. The minimum atomic E-state index is 1.13. The molecule has 0 aliphatic heterocycles. The third-order valence-electron chi connectivity index (χ3n) is 9.13. The van der Waals surface area contributed by atoms with E-state index in [0.29, 0.717) is 0 Å². The summed E-state index contributed by atoms with van der Waals surface area (Å²) in [5, 5.41) is 0. The Hall–Kier alpha value is -2.99. The zero-order valence-electron chi connectivity index (χ0n) is 31.1. The molecule has 6 rings (SSSR count). The van der Waals surface area contributed by atoms with Crippen LogP contribution < -0.4 is 0 Å². The average Bonchev–Trinajstić information content (AvgIpc) is 3.17. The van der Waals surface area contributed by atoms with Crippen LogP contribution in [0.2, 0.25) is 0 Å². The molecular weight excluding hydrogens is 875 g/mol. The molecule has 3 heteroatoms. The molecule has 0 fully saturated rings. The molecule has 0 nitrogen and oxygen atoms in total. The van der Waals surface area contributed by atoms with Crippen LogP contribution in [0.1, 0.15) is 81.9 Å². The molecule has 6 aromatic rings. The average molecular weight is 929 g/mol. The first-order chi connectivity index (χ1) is 25.3. The van der Waals surface area contributed by atoms with Gasteiger partial charge in [-0.2, -0.15) is 0 Å². The first-order valence-corrected chi connectivity index (χ1v) is 21.5. The van der Waals surface area contributed by atoms with Gasteiger partial charge in [0, 0.05) is 12.5 Å². The molecule has 0 atom stereocenters. The van der Waals surface area contributed by atoms with Gasteiger partial charge in [0.2, 0.25) is 0 Å². The van der Waals surface area contributed by atoms with E-state index in [4.69, 9.17) is 0 Å². The lowest BCUT2D eigenvalue weighted by atomic mass is 10.0. The maximum absolute atomic E-state index is 3.48. The summed E-state index contributed by atoms with van der Waals surface area (Å²) in [5.41, 5.74) is 11.9. The van der Waals surface area contributed by atoms with Crippen molar-refractivity contribution in [2.24, 2.45) is 0 Å². The highest BCUT2D eigenvalue weighted by Crippen LogP contribution is 2.24. The molecule has 0 bridgehead atoms. The SMILES string of the molecule is CCCCCCCc1ccc(-c2ccc(Br)cc2)cc1.CCCCCc1ccc(-c2ccc(Br)cc2)cc1.Cc1ccc(-c2ccc(I)cc2)cc1. The summed E-state index contributed by atoms with van der Waals surface area (Å²) < 4.78 is 3.53. The van der Waals surface area contributed by atoms with Gasteiger partial charge in [0.15, 0.2) is 0 Å². The first kappa shape index (κ1) is 41.8. The van der Waals surface area contributed by atoms with Crippen molar-refractivity contribution in [3.05, 3.63) is 175 Å². The van der Waals surface area contributed by atoms with Crippen molar-refractivity contribution in [1.29, 1.82) is 0 Å². The minimum Gasteiger partial charge on any atom is -0.0654 e. The van der Waals surface area contributed by atoms with Crippen LogP contribution in [0.15, 0.2) is 155 Å². The van der Waals surface area contributed by atoms with E-state index in [9.17, 15) is 0 Å². The van der Waals surface area contributed by atoms with Gasteiger partial charge in [-0.1, -0.05) is 199 Å². The first-order valence-electron chi connectivity index (χ1n) is 18.9. The van der Waals surface area contributed by atoms with Gasteiger partial charge in [-0.3, -0.25) is 0 Å². The van der Waals surface area contributed by atoms with E-state index in [1.54, 1.807) is 0 Å². The topological polar surface area (TPSA) is 0 Å². The molecule has 0 heterocycles. The highest BCUT2D eigenvalue weighted by Gasteiger charge is 2.01. The van der Waals surface area contributed by atoms with E-state index in [1.807, 2.05) is 0 Å². The lowest BCUT2D eigenvalue weighted by Gasteiger charge is -2.05. The molecule has 0 amide bonds. The molecule has 0 saturated carbocycles. The Bertz CT molecular complexity index is 1780. The lowest BCUT2D eigenvalue weighted by molar-refractivity contribution is 0.632. The van der Waals surface area contributed by atoms with Crippen LogP contribution in [0.5, 0.6) is 0 Å². The Labute approximate surface area is 344 Å². The van der Waals surface area contributed by atoms with Gasteiger partial charge in [-0.15, -0.1) is 0 Å². The van der Waals surface area contributed by atoms with Gasteiger partial charge in [-0.25, -0.2) is 0 Å². The number of halogens is 3. The van der Waals surface area contributed by atoms with Gasteiger partial charge < -0.3 is 0 Å². The molecule has 0 radical (unpaired) electrons. The highest BCUT2D eigenvalue weighted by atomic mass is 127. The number of unbranched alkanes of at least 4 members (excludes halogenated alkanes) is 6. The molecule has 0 N–H and O–H groups in total. The van der Waals surface area contributed by atoms with Crippen molar-refractivity contribution < 1.29 is 0 Å². The van der Waals surface area contributed by atoms with Gasteiger partial charge in [0.1, 0.15) is 0 Å². The predicted octanol–water partition coefficient (Wildman–Crippen LogP) is 16.7. The van der Waals surface area contributed by atoms with Gasteiger partial charge in [-0.05, 0) is 136 Å². The zero-order chi connectivity index (χ0) is 37.0. The number of aryl methyl sites for hydroxylation is 3. The fraction of sp³-hybridized carbons (Fsp3) is 0.265. The van der Waals surface area contributed by atoms with Crippen LogP contribution in [0.4, 0.5) is 0 Å². The second kappa shape index (κ2) is 23.6. The molecule has 52 heavy (non-hydrogen) atoms. The normalized spacial score (nSPS) is 10.5. The molecule has 0 aliphatic rings. The van der Waals surface area contributed by atoms with Crippen molar-refractivity contribution in [1.82, 2.24) is 0 Å². The second-order valence-corrected chi connectivity index (χ2v) is 16.5. The van der Waals surface area contributed by atoms with Crippen molar-refractivity contribution in [2.75, 3.05) is 0 Å². The van der Waals surface area contributed by atoms with Crippen LogP contribution in [-0.2, 0) is 12.8 Å². The smallest absolute Gasteiger partial charge is 0.0175 e. The molecule has 0 spiro atoms. The Kier molecular flexibility index (Phi) is 19.0. The fourth-order valence-corrected chi connectivity index (χ4v) is 6.80. The van der Waals surface area contributed by atoms with E-state index in [0.717, 1.165) is 8.95 Å². The number of hydrogen-bond acceptors (Lipinski definition) is 0. The van der Waals surface area contributed by atoms with Gasteiger partial charge in [0.25, 0.3) is 0 Å². The van der Waals surface area contributed by atoms with Crippen molar-refractivity contribution in [2.45, 2.75) is 85.0 Å². The summed E-state index contributed by atoms with van der Waals surface area (Å²) in [4.78, 5) is 0. The predicted molar refractivity (Wildman–Crippen MR) is 244 cm³/mol. The molecule has 270 valence electrons. The number of benzene rings is 6. The van der Waals surface area contributed by atoms with Crippen LogP contribution >= 0.6 is 54.5 Å². The van der Waals surface area contributed by atoms with Crippen molar-refractivity contribution in [3.63, 3.8) is 0 Å². The number of hydrogen-bond donors (Lipinski definition) is 0. The Morgan fingerprint density at radius 2 is 0.654 bits per heavy atom. The van der Waals surface area contributed by atoms with E-state index < -0.39 is 0 Å². The van der Waals surface area contributed by atoms with Crippen molar-refractivity contribution >= 4 is 54.5 Å². The summed E-state index contributed by atoms with van der Waals surface area (Å²) in [7, 11) is 0. The number of rotatable bonds is 13. The maximum Gasteiger partial charge on any atom is 0.0175 e. The Morgan fingerprint density at radius 3 is 1.04 bits per heavy atom. The Morgan fingerprint density at radius 1 is 0.365 bits per heavy atom. The van der Waals surface area contributed by atoms with Crippen LogP contribution in [-0.4, -0.2) is 0 Å². The fourth-order valence-electron chi connectivity index (χ4n) is 5.91. The van der Waals surface area contributed by atoms with E-state index in [2.05, 4.69) is 221 Å². The standard InChI is InChI=1S/C19H23Br.C17H19Br.C13H11I/c1-2-3-4-5-6-7-16-8-10-17(11-9-16)18-12-14-19(20)15-13-18;1-2-3-4-5-14-6-8-15(9-7-14)16-10-12-17(18)13-11-16;1-10-2-4-11(5-3-10)12-6-8-13(14)9-7-12/h8-15H,2-7H2,1H3;6-13H,2-5H2,1H3;2-9H,1H3. The Balaban J connectivity index is 0.000000177. The van der Waals surface area contributed by atoms with Crippen LogP contribution in [0.3, 0.4) is 0 Å². The summed E-state index contributed by atoms with van der Waals surface area (Å²) in [6.07, 6.45) is 13.1. The van der Waals surface area contributed by atoms with Crippen molar-refractivity contribution in [3.8, 4) is 33.4 Å². The monoisotopic (exact) mass is 926 g/mol. The zero-order valence-corrected chi connectivity index (χ0v) is 36.4. The summed E-state index contributed by atoms with van der Waals surface area (Å²) >= 11 is 9.26. The molecule has 0 unspecified atom stereocenters. The van der Waals surface area contributed by atoms with Crippen LogP contribution in [0, 0.1) is 10.5 Å². The quantitative estimate of drug-likeness (QED) is 0.0800. The minimum absolute atomic E-state index is 1.13. The second-order valence-electron chi connectivity index (χ2n) is 13.4. The third-order valence-corrected chi connectivity index (χ3v) is 10.9. The van der Waals surface area contributed by atoms with Crippen LogP contribution in [0.25, 0.3) is 33.4 Å². The summed E-state index contributed by atoms with van der Waals surface area (Å²) in [6.45, 7) is 6.62. The maximum atomic E-state index is 3.48. The molecule has 6 aromatic carbocycles. The molecule has 0 aromatic heterocycles. The van der Waals surface area contributed by atoms with Gasteiger partial charge in [0.05, 0.1) is 0 Å². The highest BCUT2D eigenvalue weighted by molar-refractivity contribution is 14.1. The summed E-state index contributed by atoms with van der Waals surface area (Å²) in [6, 6.07) is 52.2. The van der Waals surface area contributed by atoms with E-state index in [-0.39, 0.29) is 0 Å². The van der Waals surface area contributed by atoms with E-state index in [1.165, 1.54) is 118 Å². The third kappa shape index (κ3) is 15.2. The molecular formula is C49H53Br2I. The largest absolute Gasteiger partial charge is 0.0654 e. The van der Waals surface area contributed by atoms with Gasteiger partial charge >= 0.3 is 0 Å². The lowest BCUT2D eigenvalue weighted by Crippen LogP contribution is -1.86. The van der Waals surface area contributed by atoms with E-state index >= 15 is 0 Å². The molecule has 0 aliphatic carbocycles.